The van der Waals surface area contributed by atoms with Gasteiger partial charge in [0.15, 0.2) is 0 Å². The Kier molecular flexibility index (Phi) is 2.07. The molecule has 6 heteroatoms. The highest BCUT2D eigenvalue weighted by Gasteiger charge is 2.34. The molecule has 0 radical (unpaired) electrons. The lowest BCUT2D eigenvalue weighted by atomic mass is 10.3. The van der Waals surface area contributed by atoms with Crippen molar-refractivity contribution in [1.82, 2.24) is 4.98 Å². The van der Waals surface area contributed by atoms with Crippen LogP contribution < -0.4 is 0 Å². The van der Waals surface area contributed by atoms with Crippen LogP contribution in [0.2, 0.25) is 0 Å². The minimum Gasteiger partial charge on any atom is -0.369 e. The summed E-state index contributed by atoms with van der Waals surface area (Å²) in [5.41, 5.74) is -0.160. The molecule has 1 aromatic heterocycles. The number of halogens is 3. The largest absolute Gasteiger partial charge is 0.575 e. The summed E-state index contributed by atoms with van der Waals surface area (Å²) in [6, 6.07) is 1.19. The van der Waals surface area contributed by atoms with Crippen molar-refractivity contribution < 1.29 is 22.7 Å². The van der Waals surface area contributed by atoms with E-state index in [1.54, 1.807) is 0 Å². The van der Waals surface area contributed by atoms with Gasteiger partial charge in [0.1, 0.15) is 0 Å². The van der Waals surface area contributed by atoms with Gasteiger partial charge in [-0.3, -0.25) is 0 Å². The van der Waals surface area contributed by atoms with Gasteiger partial charge in [-0.15, -0.1) is 13.2 Å². The molecule has 0 aliphatic carbocycles. The van der Waals surface area contributed by atoms with Crippen LogP contribution >= 0.6 is 0 Å². The molecule has 0 atom stereocenters. The van der Waals surface area contributed by atoms with Crippen LogP contribution in [-0.2, 0) is 4.74 Å². The number of aromatic amines is 1. The first kappa shape index (κ1) is 8.63. The van der Waals surface area contributed by atoms with Crippen LogP contribution in [0.4, 0.5) is 13.2 Å². The molecule has 0 bridgehead atoms. The first-order valence-corrected chi connectivity index (χ1v) is 2.92. The van der Waals surface area contributed by atoms with Crippen LogP contribution in [0.1, 0.15) is 10.4 Å². The number of rotatable bonds is 1. The van der Waals surface area contributed by atoms with Crippen LogP contribution in [-0.4, -0.2) is 17.3 Å². The van der Waals surface area contributed by atoms with Crippen LogP contribution in [0.15, 0.2) is 18.5 Å². The van der Waals surface area contributed by atoms with Gasteiger partial charge in [0, 0.05) is 12.4 Å². The summed E-state index contributed by atoms with van der Waals surface area (Å²) in [5, 5.41) is 0. The van der Waals surface area contributed by atoms with E-state index in [2.05, 4.69) is 9.72 Å². The third-order valence-electron chi connectivity index (χ3n) is 1.04. The van der Waals surface area contributed by atoms with E-state index in [1.807, 2.05) is 0 Å². The standard InChI is InChI=1S/C6H4F3NO2/c7-6(8,9)12-5(11)4-1-2-10-3-4/h1-3,10H. The molecule has 0 fully saturated rings. The Labute approximate surface area is 65.1 Å². The highest BCUT2D eigenvalue weighted by atomic mass is 19.4. The summed E-state index contributed by atoms with van der Waals surface area (Å²) in [4.78, 5) is 13.0. The number of esters is 1. The molecule has 0 aliphatic heterocycles. The average Bonchev–Trinajstić information content (AvgIpc) is 2.32. The van der Waals surface area contributed by atoms with Gasteiger partial charge in [-0.25, -0.2) is 4.79 Å². The molecule has 0 saturated heterocycles. The normalized spacial score (nSPS) is 11.2. The Morgan fingerprint density at radius 2 is 2.17 bits per heavy atom. The zero-order valence-electron chi connectivity index (χ0n) is 5.68. The van der Waals surface area contributed by atoms with E-state index < -0.39 is 12.3 Å². The summed E-state index contributed by atoms with van der Waals surface area (Å²) in [7, 11) is 0. The van der Waals surface area contributed by atoms with Crippen LogP contribution in [0, 0.1) is 0 Å². The summed E-state index contributed by atoms with van der Waals surface area (Å²) in [6.07, 6.45) is -2.48. The molecule has 0 aliphatic rings. The second kappa shape index (κ2) is 2.88. The minimum absolute atomic E-state index is 0.160. The number of ether oxygens (including phenoxy) is 1. The predicted molar refractivity (Wildman–Crippen MR) is 32.3 cm³/mol. The van der Waals surface area contributed by atoms with Crippen molar-refractivity contribution in [3.05, 3.63) is 24.0 Å². The molecule has 1 N–H and O–H groups in total. The third kappa shape index (κ3) is 2.30. The van der Waals surface area contributed by atoms with Gasteiger partial charge in [-0.2, -0.15) is 0 Å². The summed E-state index contributed by atoms with van der Waals surface area (Å²) in [6.45, 7) is 0. The highest BCUT2D eigenvalue weighted by Crippen LogP contribution is 2.18. The van der Waals surface area contributed by atoms with E-state index in [0.29, 0.717) is 0 Å². The smallest absolute Gasteiger partial charge is 0.369 e. The van der Waals surface area contributed by atoms with Crippen LogP contribution in [0.25, 0.3) is 0 Å². The van der Waals surface area contributed by atoms with Gasteiger partial charge in [-0.1, -0.05) is 0 Å². The number of hydrogen-bond donors (Lipinski definition) is 1. The van der Waals surface area contributed by atoms with Gasteiger partial charge >= 0.3 is 12.3 Å². The molecule has 66 valence electrons. The number of nitrogens with one attached hydrogen (secondary N) is 1. The third-order valence-corrected chi connectivity index (χ3v) is 1.04. The second-order valence-electron chi connectivity index (χ2n) is 1.93. The molecular weight excluding hydrogens is 175 g/mol. The first-order chi connectivity index (χ1) is 5.49. The molecule has 1 heterocycles. The topological polar surface area (TPSA) is 42.1 Å². The van der Waals surface area contributed by atoms with E-state index in [1.165, 1.54) is 12.3 Å². The number of carbonyl (C=O) groups excluding carboxylic acids is 1. The van der Waals surface area contributed by atoms with Gasteiger partial charge < -0.3 is 9.72 Å². The van der Waals surface area contributed by atoms with Crippen molar-refractivity contribution in [2.24, 2.45) is 0 Å². The SMILES string of the molecule is O=C(OC(F)(F)F)c1cc[nH]c1. The molecule has 0 unspecified atom stereocenters. The van der Waals surface area contributed by atoms with Crippen molar-refractivity contribution >= 4 is 5.97 Å². The fourth-order valence-corrected chi connectivity index (χ4v) is 0.615. The van der Waals surface area contributed by atoms with Crippen molar-refractivity contribution in [3.8, 4) is 0 Å². The molecule has 1 aromatic rings. The Morgan fingerprint density at radius 1 is 1.50 bits per heavy atom. The molecule has 1 rings (SSSR count). The van der Waals surface area contributed by atoms with Gasteiger partial charge in [-0.05, 0) is 6.07 Å². The lowest BCUT2D eigenvalue weighted by Gasteiger charge is -2.04. The monoisotopic (exact) mass is 179 g/mol. The quantitative estimate of drug-likeness (QED) is 0.666. The van der Waals surface area contributed by atoms with Crippen LogP contribution in [0.3, 0.4) is 0 Å². The molecule has 0 spiro atoms. The van der Waals surface area contributed by atoms with E-state index in [-0.39, 0.29) is 5.56 Å². The maximum Gasteiger partial charge on any atom is 0.575 e. The van der Waals surface area contributed by atoms with E-state index >= 15 is 0 Å². The lowest BCUT2D eigenvalue weighted by molar-refractivity contribution is -0.291. The van der Waals surface area contributed by atoms with Crippen molar-refractivity contribution in [3.63, 3.8) is 0 Å². The summed E-state index contributed by atoms with van der Waals surface area (Å²) >= 11 is 0. The number of aromatic nitrogens is 1. The van der Waals surface area contributed by atoms with Gasteiger partial charge in [0.2, 0.25) is 0 Å². The van der Waals surface area contributed by atoms with Crippen molar-refractivity contribution in [2.75, 3.05) is 0 Å². The lowest BCUT2D eigenvalue weighted by Crippen LogP contribution is -2.18. The van der Waals surface area contributed by atoms with Crippen LogP contribution in [0.5, 0.6) is 0 Å². The minimum atomic E-state index is -4.92. The highest BCUT2D eigenvalue weighted by molar-refractivity contribution is 5.89. The van der Waals surface area contributed by atoms with Crippen molar-refractivity contribution in [1.29, 1.82) is 0 Å². The average molecular weight is 179 g/mol. The molecule has 3 nitrogen and oxygen atoms in total. The number of H-pyrrole nitrogens is 1. The Bertz CT molecular complexity index is 265. The van der Waals surface area contributed by atoms with E-state index in [4.69, 9.17) is 0 Å². The number of carbonyl (C=O) groups is 1. The molecule has 0 aromatic carbocycles. The molecule has 0 saturated carbocycles. The Balaban J connectivity index is 2.63. The second-order valence-corrected chi connectivity index (χ2v) is 1.93. The number of hydrogen-bond acceptors (Lipinski definition) is 2. The summed E-state index contributed by atoms with van der Waals surface area (Å²) < 4.78 is 37.5. The maximum atomic E-state index is 11.4. The molecular formula is C6H4F3NO2. The maximum absolute atomic E-state index is 11.4. The predicted octanol–water partition coefficient (Wildman–Crippen LogP) is 1.69. The fourth-order valence-electron chi connectivity index (χ4n) is 0.615. The fraction of sp³-hybridized carbons (Fsp3) is 0.167. The van der Waals surface area contributed by atoms with Gasteiger partial charge in [0.25, 0.3) is 0 Å². The van der Waals surface area contributed by atoms with Gasteiger partial charge in [0.05, 0.1) is 5.56 Å². The zero-order valence-corrected chi connectivity index (χ0v) is 5.68. The van der Waals surface area contributed by atoms with E-state index in [0.717, 1.165) is 6.20 Å². The van der Waals surface area contributed by atoms with Crippen molar-refractivity contribution in [2.45, 2.75) is 6.36 Å². The summed E-state index contributed by atoms with van der Waals surface area (Å²) in [5.74, 6) is -1.41. The number of alkyl halides is 3. The first-order valence-electron chi connectivity index (χ1n) is 2.92. The zero-order chi connectivity index (χ0) is 9.19. The Morgan fingerprint density at radius 3 is 2.58 bits per heavy atom. The molecule has 12 heavy (non-hydrogen) atoms. The molecule has 0 amide bonds. The Hall–Kier alpha value is -1.46. The van der Waals surface area contributed by atoms with E-state index in [9.17, 15) is 18.0 Å².